The second kappa shape index (κ2) is 3.34. The van der Waals surface area contributed by atoms with Gasteiger partial charge >= 0.3 is 0 Å². The first-order chi connectivity index (χ1) is 7.09. The van der Waals surface area contributed by atoms with Crippen molar-refractivity contribution >= 4 is 5.78 Å². The molecule has 15 heavy (non-hydrogen) atoms. The van der Waals surface area contributed by atoms with Gasteiger partial charge in [0.1, 0.15) is 5.69 Å². The first-order valence-electron chi connectivity index (χ1n) is 4.62. The van der Waals surface area contributed by atoms with Gasteiger partial charge < -0.3 is 4.57 Å². The fraction of sp³-hybridized carbons (Fsp3) is 0.300. The lowest BCUT2D eigenvalue weighted by molar-refractivity contribution is 0.101. The average Bonchev–Trinajstić information content (AvgIpc) is 2.71. The standard InChI is InChI=1S/C10H12N4O/c1-7-6-8(14(3)12-7)9(15)10-11-4-5-13(10)2/h4-6H,1-3H3. The smallest absolute Gasteiger partial charge is 0.246 e. The highest BCUT2D eigenvalue weighted by atomic mass is 16.1. The van der Waals surface area contributed by atoms with Crippen LogP contribution in [-0.4, -0.2) is 25.1 Å². The van der Waals surface area contributed by atoms with Gasteiger partial charge in [-0.2, -0.15) is 5.10 Å². The molecule has 0 spiro atoms. The van der Waals surface area contributed by atoms with E-state index in [0.717, 1.165) is 5.69 Å². The molecule has 0 aliphatic rings. The number of hydrogen-bond donors (Lipinski definition) is 0. The molecule has 0 saturated carbocycles. The van der Waals surface area contributed by atoms with Gasteiger partial charge in [0.25, 0.3) is 0 Å². The molecular weight excluding hydrogens is 192 g/mol. The number of carbonyl (C=O) groups is 1. The second-order valence-corrected chi connectivity index (χ2v) is 3.49. The molecule has 0 atom stereocenters. The van der Waals surface area contributed by atoms with Gasteiger partial charge in [-0.25, -0.2) is 4.98 Å². The molecule has 2 rings (SSSR count). The van der Waals surface area contributed by atoms with Gasteiger partial charge in [-0.15, -0.1) is 0 Å². The zero-order chi connectivity index (χ0) is 11.0. The molecule has 0 saturated heterocycles. The van der Waals surface area contributed by atoms with Gasteiger partial charge in [-0.1, -0.05) is 0 Å². The molecule has 2 aromatic rings. The van der Waals surface area contributed by atoms with E-state index in [1.165, 1.54) is 0 Å². The Kier molecular flexibility index (Phi) is 2.15. The van der Waals surface area contributed by atoms with Crippen LogP contribution in [0.1, 0.15) is 22.0 Å². The fourth-order valence-corrected chi connectivity index (χ4v) is 1.52. The van der Waals surface area contributed by atoms with Crippen LogP contribution >= 0.6 is 0 Å². The highest BCUT2D eigenvalue weighted by Crippen LogP contribution is 2.08. The van der Waals surface area contributed by atoms with Crippen LogP contribution in [0.25, 0.3) is 0 Å². The Morgan fingerprint density at radius 2 is 2.13 bits per heavy atom. The Balaban J connectivity index is 2.45. The number of rotatable bonds is 2. The summed E-state index contributed by atoms with van der Waals surface area (Å²) >= 11 is 0. The van der Waals surface area contributed by atoms with E-state index in [1.807, 2.05) is 6.92 Å². The quantitative estimate of drug-likeness (QED) is 0.676. The topological polar surface area (TPSA) is 52.7 Å². The lowest BCUT2D eigenvalue weighted by Crippen LogP contribution is -2.12. The summed E-state index contributed by atoms with van der Waals surface area (Å²) in [4.78, 5) is 16.0. The molecule has 2 aromatic heterocycles. The first-order valence-corrected chi connectivity index (χ1v) is 4.62. The third-order valence-electron chi connectivity index (χ3n) is 2.26. The summed E-state index contributed by atoms with van der Waals surface area (Å²) in [6.07, 6.45) is 3.35. The number of aryl methyl sites for hydroxylation is 3. The minimum atomic E-state index is -0.106. The monoisotopic (exact) mass is 204 g/mol. The van der Waals surface area contributed by atoms with Crippen LogP contribution in [-0.2, 0) is 14.1 Å². The summed E-state index contributed by atoms with van der Waals surface area (Å²) in [7, 11) is 3.55. The predicted octanol–water partition coefficient (Wildman–Crippen LogP) is 0.693. The Hall–Kier alpha value is -1.91. The molecule has 0 amide bonds. The molecule has 5 nitrogen and oxygen atoms in total. The van der Waals surface area contributed by atoms with Crippen LogP contribution in [0.15, 0.2) is 18.5 Å². The van der Waals surface area contributed by atoms with Gasteiger partial charge in [0.15, 0.2) is 5.82 Å². The maximum absolute atomic E-state index is 12.0. The lowest BCUT2D eigenvalue weighted by Gasteiger charge is -2.00. The Morgan fingerprint density at radius 3 is 2.60 bits per heavy atom. The molecule has 2 heterocycles. The minimum Gasteiger partial charge on any atom is -0.331 e. The van der Waals surface area contributed by atoms with Crippen molar-refractivity contribution in [2.75, 3.05) is 0 Å². The summed E-state index contributed by atoms with van der Waals surface area (Å²) in [5.74, 6) is 0.323. The van der Waals surface area contributed by atoms with Crippen molar-refractivity contribution < 1.29 is 4.79 Å². The van der Waals surface area contributed by atoms with E-state index in [9.17, 15) is 4.79 Å². The van der Waals surface area contributed by atoms with E-state index in [0.29, 0.717) is 11.5 Å². The summed E-state index contributed by atoms with van der Waals surface area (Å²) in [6, 6.07) is 1.76. The van der Waals surface area contributed by atoms with Crippen molar-refractivity contribution in [3.8, 4) is 0 Å². The molecule has 5 heteroatoms. The van der Waals surface area contributed by atoms with E-state index in [4.69, 9.17) is 0 Å². The number of ketones is 1. The zero-order valence-corrected chi connectivity index (χ0v) is 8.93. The largest absolute Gasteiger partial charge is 0.331 e. The number of hydrogen-bond acceptors (Lipinski definition) is 3. The number of imidazole rings is 1. The summed E-state index contributed by atoms with van der Waals surface area (Å²) in [6.45, 7) is 1.86. The van der Waals surface area contributed by atoms with Crippen LogP contribution in [0.5, 0.6) is 0 Å². The van der Waals surface area contributed by atoms with Gasteiger partial charge in [0.2, 0.25) is 5.78 Å². The van der Waals surface area contributed by atoms with Crippen molar-refractivity contribution in [3.63, 3.8) is 0 Å². The highest BCUT2D eigenvalue weighted by molar-refractivity contribution is 6.05. The highest BCUT2D eigenvalue weighted by Gasteiger charge is 2.17. The Bertz CT molecular complexity index is 509. The number of nitrogens with zero attached hydrogens (tertiary/aromatic N) is 4. The molecule has 0 bridgehead atoms. The van der Waals surface area contributed by atoms with Gasteiger partial charge in [-0.05, 0) is 13.0 Å². The third-order valence-corrected chi connectivity index (χ3v) is 2.26. The van der Waals surface area contributed by atoms with Gasteiger partial charge in [-0.3, -0.25) is 9.48 Å². The number of aromatic nitrogens is 4. The van der Waals surface area contributed by atoms with E-state index < -0.39 is 0 Å². The van der Waals surface area contributed by atoms with E-state index in [2.05, 4.69) is 10.1 Å². The molecule has 0 aliphatic heterocycles. The predicted molar refractivity (Wildman–Crippen MR) is 54.6 cm³/mol. The van der Waals surface area contributed by atoms with Crippen molar-refractivity contribution in [1.82, 2.24) is 19.3 Å². The van der Waals surface area contributed by atoms with Crippen LogP contribution < -0.4 is 0 Å². The normalized spacial score (nSPS) is 10.6. The van der Waals surface area contributed by atoms with Crippen molar-refractivity contribution in [2.24, 2.45) is 14.1 Å². The molecule has 0 fully saturated rings. The van der Waals surface area contributed by atoms with E-state index >= 15 is 0 Å². The fourth-order valence-electron chi connectivity index (χ4n) is 1.52. The third kappa shape index (κ3) is 1.56. The molecule has 0 aromatic carbocycles. The SMILES string of the molecule is Cc1cc(C(=O)c2nccn2C)n(C)n1. The minimum absolute atomic E-state index is 0.106. The van der Waals surface area contributed by atoms with Crippen LogP contribution in [0, 0.1) is 6.92 Å². The number of carbonyl (C=O) groups excluding carboxylic acids is 1. The Morgan fingerprint density at radius 1 is 1.40 bits per heavy atom. The second-order valence-electron chi connectivity index (χ2n) is 3.49. The molecular formula is C10H12N4O. The van der Waals surface area contributed by atoms with Gasteiger partial charge in [0.05, 0.1) is 5.69 Å². The average molecular weight is 204 g/mol. The Labute approximate surface area is 87.4 Å². The van der Waals surface area contributed by atoms with E-state index in [-0.39, 0.29) is 5.78 Å². The van der Waals surface area contributed by atoms with Crippen LogP contribution in [0.2, 0.25) is 0 Å². The first kappa shape index (κ1) is 9.64. The maximum Gasteiger partial charge on any atom is 0.246 e. The molecule has 78 valence electrons. The van der Waals surface area contributed by atoms with E-state index in [1.54, 1.807) is 41.8 Å². The summed E-state index contributed by atoms with van der Waals surface area (Å²) in [5.41, 5.74) is 1.39. The molecule has 0 unspecified atom stereocenters. The molecule has 0 radical (unpaired) electrons. The zero-order valence-electron chi connectivity index (χ0n) is 8.93. The molecule has 0 N–H and O–H groups in total. The van der Waals surface area contributed by atoms with Crippen LogP contribution in [0.4, 0.5) is 0 Å². The molecule has 0 aliphatic carbocycles. The lowest BCUT2D eigenvalue weighted by atomic mass is 10.2. The maximum atomic E-state index is 12.0. The van der Waals surface area contributed by atoms with Gasteiger partial charge in [0, 0.05) is 26.5 Å². The van der Waals surface area contributed by atoms with Crippen LogP contribution in [0.3, 0.4) is 0 Å². The van der Waals surface area contributed by atoms with Crippen molar-refractivity contribution in [1.29, 1.82) is 0 Å². The summed E-state index contributed by atoms with van der Waals surface area (Å²) in [5, 5.41) is 4.13. The van der Waals surface area contributed by atoms with Crippen molar-refractivity contribution in [2.45, 2.75) is 6.92 Å². The summed E-state index contributed by atoms with van der Waals surface area (Å²) < 4.78 is 3.27. The van der Waals surface area contributed by atoms with Crippen molar-refractivity contribution in [3.05, 3.63) is 35.7 Å².